The summed E-state index contributed by atoms with van der Waals surface area (Å²) in [6.07, 6.45) is 7.82. The number of methoxy groups -OCH3 is 1. The van der Waals surface area contributed by atoms with Gasteiger partial charge in [-0.2, -0.15) is 0 Å². The number of pyridine rings is 1. The summed E-state index contributed by atoms with van der Waals surface area (Å²) in [5, 5.41) is 1.23. The highest BCUT2D eigenvalue weighted by atomic mass is 16.5. The highest BCUT2D eigenvalue weighted by Crippen LogP contribution is 2.41. The molecule has 2 aliphatic carbocycles. The largest absolute Gasteiger partial charge is 0.497 e. The van der Waals surface area contributed by atoms with E-state index in [2.05, 4.69) is 47.0 Å². The van der Waals surface area contributed by atoms with Crippen molar-refractivity contribution in [2.24, 2.45) is 0 Å². The van der Waals surface area contributed by atoms with Crippen LogP contribution < -0.4 is 10.5 Å². The minimum absolute atomic E-state index is 0.516. The Morgan fingerprint density at radius 2 is 1.76 bits per heavy atom. The zero-order chi connectivity index (χ0) is 22.4. The van der Waals surface area contributed by atoms with Crippen molar-refractivity contribution >= 4 is 16.7 Å². The topological polar surface area (TPSA) is 53.1 Å². The molecule has 1 atom stereocenters. The highest BCUT2D eigenvalue weighted by molar-refractivity contribution is 5.95. The molecule has 0 bridgehead atoms. The smallest absolute Gasteiger partial charge is 0.143 e. The van der Waals surface area contributed by atoms with Gasteiger partial charge in [0.2, 0.25) is 0 Å². The normalized spacial score (nSPS) is 17.5. The maximum absolute atomic E-state index is 6.92. The molecule has 1 unspecified atom stereocenters. The number of nitrogens with zero attached hydrogens (tertiary/aromatic N) is 2. The summed E-state index contributed by atoms with van der Waals surface area (Å²) in [7, 11) is 1.71. The van der Waals surface area contributed by atoms with Gasteiger partial charge in [0, 0.05) is 29.0 Å². The molecule has 0 amide bonds. The van der Waals surface area contributed by atoms with Crippen LogP contribution in [0, 0.1) is 0 Å². The van der Waals surface area contributed by atoms with Gasteiger partial charge in [0.05, 0.1) is 7.11 Å². The fourth-order valence-corrected chi connectivity index (χ4v) is 5.95. The van der Waals surface area contributed by atoms with Crippen LogP contribution in [0.3, 0.4) is 0 Å². The SMILES string of the molecule is COc1ccc(Cn2c3c(c4c(N)c5c(nc42)CC(c2ccccc2)CC5)CCCC3)cc1. The van der Waals surface area contributed by atoms with E-state index in [1.54, 1.807) is 7.11 Å². The zero-order valence-electron chi connectivity index (χ0n) is 19.3. The van der Waals surface area contributed by atoms with Gasteiger partial charge >= 0.3 is 0 Å². The van der Waals surface area contributed by atoms with Gasteiger partial charge in [0.15, 0.2) is 0 Å². The molecule has 2 heterocycles. The fraction of sp³-hybridized carbons (Fsp3) is 0.345. The second kappa shape index (κ2) is 8.26. The monoisotopic (exact) mass is 437 g/mol. The number of aryl methyl sites for hydroxylation is 1. The first-order valence-corrected chi connectivity index (χ1v) is 12.2. The van der Waals surface area contributed by atoms with Crippen LogP contribution in [0.25, 0.3) is 11.0 Å². The van der Waals surface area contributed by atoms with Crippen molar-refractivity contribution in [3.05, 3.63) is 88.2 Å². The Labute approximate surface area is 195 Å². The van der Waals surface area contributed by atoms with Crippen molar-refractivity contribution in [3.8, 4) is 5.75 Å². The Morgan fingerprint density at radius 1 is 0.970 bits per heavy atom. The molecule has 4 aromatic rings. The summed E-state index contributed by atoms with van der Waals surface area (Å²) in [6, 6.07) is 19.3. The molecule has 2 aromatic heterocycles. The predicted octanol–water partition coefficient (Wildman–Crippen LogP) is 5.83. The molecule has 0 saturated carbocycles. The minimum atomic E-state index is 0.516. The third kappa shape index (κ3) is 3.49. The zero-order valence-corrected chi connectivity index (χ0v) is 19.3. The number of rotatable bonds is 4. The number of nitrogen functional groups attached to an aromatic ring is 1. The lowest BCUT2D eigenvalue weighted by Crippen LogP contribution is -2.17. The maximum Gasteiger partial charge on any atom is 0.143 e. The van der Waals surface area contributed by atoms with Crippen LogP contribution in [0.1, 0.15) is 58.8 Å². The van der Waals surface area contributed by atoms with Crippen molar-refractivity contribution in [3.63, 3.8) is 0 Å². The molecule has 0 fully saturated rings. The predicted molar refractivity (Wildman–Crippen MR) is 134 cm³/mol. The van der Waals surface area contributed by atoms with Gasteiger partial charge in [-0.25, -0.2) is 4.98 Å². The molecule has 2 aliphatic rings. The Morgan fingerprint density at radius 3 is 2.55 bits per heavy atom. The van der Waals surface area contributed by atoms with Crippen molar-refractivity contribution < 1.29 is 4.74 Å². The molecule has 4 heteroatoms. The summed E-state index contributed by atoms with van der Waals surface area (Å²) in [4.78, 5) is 5.35. The molecular formula is C29H31N3O. The van der Waals surface area contributed by atoms with Crippen molar-refractivity contribution in [2.75, 3.05) is 12.8 Å². The Hall–Kier alpha value is -3.27. The number of benzene rings is 2. The van der Waals surface area contributed by atoms with Gasteiger partial charge in [-0.3, -0.25) is 0 Å². The van der Waals surface area contributed by atoms with Crippen molar-refractivity contribution in [2.45, 2.75) is 57.4 Å². The number of aromatic nitrogens is 2. The van der Waals surface area contributed by atoms with Gasteiger partial charge < -0.3 is 15.0 Å². The Bertz CT molecular complexity index is 1300. The molecule has 0 spiro atoms. The summed E-state index contributed by atoms with van der Waals surface area (Å²) in [5.41, 5.74) is 17.1. The van der Waals surface area contributed by atoms with E-state index in [-0.39, 0.29) is 0 Å². The molecule has 2 N–H and O–H groups in total. The first-order chi connectivity index (χ1) is 16.2. The van der Waals surface area contributed by atoms with Crippen LogP contribution in [-0.4, -0.2) is 16.7 Å². The van der Waals surface area contributed by atoms with Gasteiger partial charge in [-0.05, 0) is 85.3 Å². The average Bonchev–Trinajstić information content (AvgIpc) is 3.18. The van der Waals surface area contributed by atoms with E-state index in [4.69, 9.17) is 15.5 Å². The number of anilines is 1. The molecule has 168 valence electrons. The number of hydrogen-bond donors (Lipinski definition) is 1. The van der Waals surface area contributed by atoms with Crippen LogP contribution in [0.15, 0.2) is 54.6 Å². The third-order valence-corrected chi connectivity index (χ3v) is 7.68. The van der Waals surface area contributed by atoms with Crippen molar-refractivity contribution in [1.29, 1.82) is 0 Å². The van der Waals surface area contributed by atoms with Gasteiger partial charge in [-0.1, -0.05) is 42.5 Å². The van der Waals surface area contributed by atoms with Gasteiger partial charge in [-0.15, -0.1) is 0 Å². The summed E-state index contributed by atoms with van der Waals surface area (Å²) < 4.78 is 7.81. The summed E-state index contributed by atoms with van der Waals surface area (Å²) >= 11 is 0. The minimum Gasteiger partial charge on any atom is -0.497 e. The van der Waals surface area contributed by atoms with Crippen LogP contribution in [-0.2, 0) is 32.2 Å². The average molecular weight is 438 g/mol. The molecule has 6 rings (SSSR count). The standard InChI is InChI=1S/C29H31N3O/c1-33-22-14-11-19(12-15-22)18-32-26-10-6-5-9-24(26)27-28(30)23-16-13-21(17-25(23)31-29(27)32)20-7-3-2-4-8-20/h2-4,7-8,11-12,14-15,21H,5-6,9-10,13,16-18H2,1H3,(H2,30,31). The number of hydrogen-bond acceptors (Lipinski definition) is 3. The van der Waals surface area contributed by atoms with Crippen LogP contribution in [0.2, 0.25) is 0 Å². The lowest BCUT2D eigenvalue weighted by atomic mass is 9.81. The highest BCUT2D eigenvalue weighted by Gasteiger charge is 2.29. The summed E-state index contributed by atoms with van der Waals surface area (Å²) in [5.74, 6) is 1.41. The molecule has 0 saturated heterocycles. The lowest BCUT2D eigenvalue weighted by molar-refractivity contribution is 0.414. The van der Waals surface area contributed by atoms with Crippen LogP contribution >= 0.6 is 0 Å². The number of fused-ring (bicyclic) bond motifs is 4. The van der Waals surface area contributed by atoms with E-state index in [1.807, 2.05) is 12.1 Å². The third-order valence-electron chi connectivity index (χ3n) is 7.68. The molecule has 0 radical (unpaired) electrons. The Balaban J connectivity index is 1.47. The first-order valence-electron chi connectivity index (χ1n) is 12.2. The summed E-state index contributed by atoms with van der Waals surface area (Å²) in [6.45, 7) is 0.823. The molecule has 2 aromatic carbocycles. The molecule has 0 aliphatic heterocycles. The van der Waals surface area contributed by atoms with E-state index in [0.717, 1.165) is 55.7 Å². The van der Waals surface area contributed by atoms with E-state index >= 15 is 0 Å². The van der Waals surface area contributed by atoms with Gasteiger partial charge in [0.1, 0.15) is 11.4 Å². The Kier molecular flexibility index (Phi) is 5.09. The van der Waals surface area contributed by atoms with Gasteiger partial charge in [0.25, 0.3) is 0 Å². The van der Waals surface area contributed by atoms with Crippen LogP contribution in [0.4, 0.5) is 5.69 Å². The van der Waals surface area contributed by atoms with E-state index in [1.165, 1.54) is 51.9 Å². The van der Waals surface area contributed by atoms with E-state index < -0.39 is 0 Å². The fourth-order valence-electron chi connectivity index (χ4n) is 5.95. The lowest BCUT2D eigenvalue weighted by Gasteiger charge is -2.26. The van der Waals surface area contributed by atoms with E-state index in [0.29, 0.717) is 5.92 Å². The molecule has 33 heavy (non-hydrogen) atoms. The first kappa shape index (κ1) is 20.3. The van der Waals surface area contributed by atoms with Crippen molar-refractivity contribution in [1.82, 2.24) is 9.55 Å². The second-order valence-electron chi connectivity index (χ2n) is 9.57. The number of ether oxygens (including phenoxy) is 1. The van der Waals surface area contributed by atoms with Crippen LogP contribution in [0.5, 0.6) is 5.75 Å². The second-order valence-corrected chi connectivity index (χ2v) is 9.57. The van der Waals surface area contributed by atoms with E-state index in [9.17, 15) is 0 Å². The molecule has 4 nitrogen and oxygen atoms in total. The molecular weight excluding hydrogens is 406 g/mol. The number of nitrogens with two attached hydrogens (primary N) is 1. The quantitative estimate of drug-likeness (QED) is 0.437. The maximum atomic E-state index is 6.92.